The Bertz CT molecular complexity index is 600. The molecule has 30 heavy (non-hydrogen) atoms. The summed E-state index contributed by atoms with van der Waals surface area (Å²) in [7, 11) is -4.28. The molecule has 0 fully saturated rings. The normalized spacial score (nSPS) is 16.2. The zero-order valence-electron chi connectivity index (χ0n) is 20.1. The number of hydrogen-bond donors (Lipinski definition) is 2. The van der Waals surface area contributed by atoms with Gasteiger partial charge in [-0.25, -0.2) is 4.57 Å². The van der Waals surface area contributed by atoms with Crippen LogP contribution in [0.25, 0.3) is 0 Å². The highest BCUT2D eigenvalue weighted by atomic mass is 31.2. The third-order valence-corrected chi connectivity index (χ3v) is 5.48. The fourth-order valence-electron chi connectivity index (χ4n) is 2.61. The molecule has 0 bridgehead atoms. The Morgan fingerprint density at radius 3 is 1.83 bits per heavy atom. The Balaban J connectivity index is 4.40. The van der Waals surface area contributed by atoms with Crippen molar-refractivity contribution in [2.24, 2.45) is 16.2 Å². The van der Waals surface area contributed by atoms with Crippen LogP contribution in [0.5, 0.6) is 0 Å². The van der Waals surface area contributed by atoms with Gasteiger partial charge in [0.15, 0.2) is 5.78 Å². The summed E-state index contributed by atoms with van der Waals surface area (Å²) < 4.78 is 22.0. The van der Waals surface area contributed by atoms with Crippen molar-refractivity contribution in [1.82, 2.24) is 0 Å². The number of hydrogen-bond acceptors (Lipinski definition) is 6. The second kappa shape index (κ2) is 11.9. The molecule has 0 radical (unpaired) electrons. The van der Waals surface area contributed by atoms with Gasteiger partial charge in [-0.2, -0.15) is 0 Å². The largest absolute Gasteiger partial charge is 0.472 e. The summed E-state index contributed by atoms with van der Waals surface area (Å²) in [6, 6.07) is 0. The molecule has 8 heteroatoms. The summed E-state index contributed by atoms with van der Waals surface area (Å²) in [4.78, 5) is 34.1. The number of carbonyl (C=O) groups excluding carboxylic acids is 2. The monoisotopic (exact) mass is 450 g/mol. The van der Waals surface area contributed by atoms with Crippen LogP contribution in [0.2, 0.25) is 0 Å². The van der Waals surface area contributed by atoms with Gasteiger partial charge < -0.3 is 10.00 Å². The van der Waals surface area contributed by atoms with Crippen molar-refractivity contribution in [3.8, 4) is 0 Å². The molecule has 2 atom stereocenters. The lowest BCUT2D eigenvalue weighted by molar-refractivity contribution is -0.134. The summed E-state index contributed by atoms with van der Waals surface area (Å²) >= 11 is 0. The average molecular weight is 451 g/mol. The van der Waals surface area contributed by atoms with Crippen molar-refractivity contribution in [2.45, 2.75) is 100 Å². The minimum atomic E-state index is -4.28. The fraction of sp³-hybridized carbons (Fsp3) is 0.909. The molecule has 7 nitrogen and oxygen atoms in total. The van der Waals surface area contributed by atoms with Crippen LogP contribution in [0, 0.1) is 16.2 Å². The summed E-state index contributed by atoms with van der Waals surface area (Å²) in [6.45, 7) is 14.8. The van der Waals surface area contributed by atoms with E-state index in [1.807, 2.05) is 20.8 Å². The molecule has 2 N–H and O–H groups in total. The van der Waals surface area contributed by atoms with Crippen LogP contribution < -0.4 is 0 Å². The van der Waals surface area contributed by atoms with E-state index in [2.05, 4.69) is 20.8 Å². The number of aliphatic hydroxyl groups excluding tert-OH is 1. The van der Waals surface area contributed by atoms with Gasteiger partial charge in [-0.3, -0.25) is 18.6 Å². The van der Waals surface area contributed by atoms with E-state index in [1.54, 1.807) is 13.8 Å². The summed E-state index contributed by atoms with van der Waals surface area (Å²) in [5.41, 5.74) is -1.18. The minimum Gasteiger partial charge on any atom is -0.385 e. The molecular weight excluding hydrogens is 407 g/mol. The summed E-state index contributed by atoms with van der Waals surface area (Å²) in [5.74, 6) is -0.282. The predicted octanol–water partition coefficient (Wildman–Crippen LogP) is 5.08. The third-order valence-electron chi connectivity index (χ3n) is 4.57. The van der Waals surface area contributed by atoms with E-state index in [9.17, 15) is 24.2 Å². The van der Waals surface area contributed by atoms with E-state index in [4.69, 9.17) is 9.05 Å². The molecule has 0 aliphatic heterocycles. The van der Waals surface area contributed by atoms with E-state index < -0.39 is 25.1 Å². The Labute approximate surface area is 182 Å². The quantitative estimate of drug-likeness (QED) is 0.355. The first-order valence-electron chi connectivity index (χ1n) is 10.7. The maximum Gasteiger partial charge on any atom is 0.472 e. The van der Waals surface area contributed by atoms with Gasteiger partial charge in [-0.1, -0.05) is 55.4 Å². The van der Waals surface area contributed by atoms with Crippen LogP contribution in [-0.2, 0) is 23.2 Å². The lowest BCUT2D eigenvalue weighted by Gasteiger charge is -2.30. The van der Waals surface area contributed by atoms with E-state index >= 15 is 0 Å². The third kappa shape index (κ3) is 14.4. The molecule has 2 unspecified atom stereocenters. The number of ketones is 2. The van der Waals surface area contributed by atoms with Gasteiger partial charge >= 0.3 is 7.82 Å². The maximum absolute atomic E-state index is 12.3. The molecule has 0 aliphatic rings. The summed E-state index contributed by atoms with van der Waals surface area (Å²) in [6.07, 6.45) is 1.72. The number of rotatable bonds is 14. The Morgan fingerprint density at radius 2 is 1.33 bits per heavy atom. The number of carbonyl (C=O) groups is 2. The number of phosphoric ester groups is 1. The van der Waals surface area contributed by atoms with E-state index in [0.717, 1.165) is 12.8 Å². The van der Waals surface area contributed by atoms with Gasteiger partial charge in [0, 0.05) is 24.7 Å². The van der Waals surface area contributed by atoms with Gasteiger partial charge in [0.25, 0.3) is 0 Å². The van der Waals surface area contributed by atoms with Crippen LogP contribution in [0.4, 0.5) is 0 Å². The number of Topliss-reactive ketones (excluding diaryl/α,β-unsaturated/α-hetero) is 2. The fourth-order valence-corrected chi connectivity index (χ4v) is 3.73. The van der Waals surface area contributed by atoms with E-state index in [1.165, 1.54) is 0 Å². The van der Waals surface area contributed by atoms with E-state index in [0.29, 0.717) is 19.3 Å². The Hall–Kier alpha value is -0.590. The lowest BCUT2D eigenvalue weighted by Crippen LogP contribution is -2.39. The molecule has 0 aliphatic carbocycles. The lowest BCUT2D eigenvalue weighted by atomic mass is 9.84. The molecule has 0 heterocycles. The van der Waals surface area contributed by atoms with Crippen LogP contribution in [-0.4, -0.2) is 40.9 Å². The van der Waals surface area contributed by atoms with Crippen molar-refractivity contribution in [3.63, 3.8) is 0 Å². The molecule has 0 aromatic carbocycles. The van der Waals surface area contributed by atoms with E-state index in [-0.39, 0.29) is 36.2 Å². The number of aliphatic hydroxyl groups is 1. The Morgan fingerprint density at radius 1 is 0.833 bits per heavy atom. The molecule has 0 aromatic heterocycles. The van der Waals surface area contributed by atoms with Crippen molar-refractivity contribution in [3.05, 3.63) is 0 Å². The van der Waals surface area contributed by atoms with Crippen LogP contribution in [0.3, 0.4) is 0 Å². The average Bonchev–Trinajstić information content (AvgIpc) is 2.56. The van der Waals surface area contributed by atoms with Gasteiger partial charge in [-0.05, 0) is 30.1 Å². The smallest absolute Gasteiger partial charge is 0.385 e. The zero-order valence-corrected chi connectivity index (χ0v) is 21.0. The van der Waals surface area contributed by atoms with Gasteiger partial charge in [0.2, 0.25) is 0 Å². The first-order valence-corrected chi connectivity index (χ1v) is 12.2. The highest BCUT2D eigenvalue weighted by Gasteiger charge is 2.36. The van der Waals surface area contributed by atoms with Crippen LogP contribution >= 0.6 is 7.82 Å². The van der Waals surface area contributed by atoms with Crippen LogP contribution in [0.1, 0.15) is 93.9 Å². The molecular formula is C22H43O7P. The Kier molecular flexibility index (Phi) is 11.6. The molecule has 178 valence electrons. The van der Waals surface area contributed by atoms with Gasteiger partial charge in [-0.15, -0.1) is 0 Å². The molecule has 0 rings (SSSR count). The number of phosphoric acid groups is 1. The highest BCUT2D eigenvalue weighted by Crippen LogP contribution is 2.46. The van der Waals surface area contributed by atoms with Crippen molar-refractivity contribution in [2.75, 3.05) is 13.2 Å². The minimum absolute atomic E-state index is 0.0342. The van der Waals surface area contributed by atoms with Crippen molar-refractivity contribution in [1.29, 1.82) is 0 Å². The van der Waals surface area contributed by atoms with Crippen molar-refractivity contribution >= 4 is 19.4 Å². The first-order chi connectivity index (χ1) is 13.3. The second-order valence-corrected chi connectivity index (χ2v) is 12.7. The van der Waals surface area contributed by atoms with Crippen molar-refractivity contribution < 1.29 is 33.2 Å². The highest BCUT2D eigenvalue weighted by molar-refractivity contribution is 7.47. The summed E-state index contributed by atoms with van der Waals surface area (Å²) in [5, 5.41) is 10.4. The topological polar surface area (TPSA) is 110 Å². The second-order valence-electron chi connectivity index (χ2n) is 11.2. The van der Waals surface area contributed by atoms with Crippen LogP contribution in [0.15, 0.2) is 0 Å². The predicted molar refractivity (Wildman–Crippen MR) is 118 cm³/mol. The first kappa shape index (κ1) is 29.4. The van der Waals surface area contributed by atoms with Gasteiger partial charge in [0.05, 0.1) is 13.2 Å². The zero-order chi connectivity index (χ0) is 23.8. The molecule has 0 amide bonds. The SMILES string of the molecule is CC(C)(C)CCCC(=O)CCCC(=O)C(O)C(C)(C)COP(=O)(O)OCC(C)(C)C. The maximum atomic E-state index is 12.3. The van der Waals surface area contributed by atoms with Gasteiger partial charge in [0.1, 0.15) is 11.9 Å². The molecule has 0 saturated heterocycles. The molecule has 0 spiro atoms. The molecule has 0 saturated carbocycles. The molecule has 0 aromatic rings. The standard InChI is InChI=1S/C22H43O7P/c1-20(2,3)14-10-12-17(23)11-9-13-18(24)19(25)22(7,8)16-29-30(26,27)28-15-21(4,5)6/h19,25H,9-16H2,1-8H3,(H,26,27).